The summed E-state index contributed by atoms with van der Waals surface area (Å²) in [6.07, 6.45) is 1.82. The molecule has 0 unspecified atom stereocenters. The molecular weight excluding hydrogens is 368 g/mol. The molecule has 0 radical (unpaired) electrons. The molecule has 3 heteroatoms. The molecule has 6 rings (SSSR count). The molecule has 4 aromatic carbocycles. The second-order valence-electron chi connectivity index (χ2n) is 7.43. The van der Waals surface area contributed by atoms with Crippen LogP contribution in [-0.4, -0.2) is 17.1 Å². The van der Waals surface area contributed by atoms with Gasteiger partial charge in [0.2, 0.25) is 0 Å². The largest absolute Gasteiger partial charge is 0.496 e. The van der Waals surface area contributed by atoms with E-state index in [9.17, 15) is 0 Å². The van der Waals surface area contributed by atoms with E-state index in [0.29, 0.717) is 0 Å². The summed E-state index contributed by atoms with van der Waals surface area (Å²) in [7, 11) is 1.72. The van der Waals surface area contributed by atoms with Gasteiger partial charge in [-0.15, -0.1) is 0 Å². The molecule has 0 atom stereocenters. The van der Waals surface area contributed by atoms with Gasteiger partial charge in [0, 0.05) is 22.4 Å². The predicted octanol–water partition coefficient (Wildman–Crippen LogP) is 6.77. The normalized spacial score (nSPS) is 11.5. The summed E-state index contributed by atoms with van der Waals surface area (Å²) in [5.74, 6) is 0.823. The Morgan fingerprint density at radius 3 is 2.37 bits per heavy atom. The third-order valence-electron chi connectivity index (χ3n) is 5.79. The molecule has 0 saturated carbocycles. The molecule has 0 aliphatic rings. The molecular formula is C27H18N2O. The van der Waals surface area contributed by atoms with Gasteiger partial charge in [-0.05, 0) is 46.5 Å². The minimum Gasteiger partial charge on any atom is -0.496 e. The highest BCUT2D eigenvalue weighted by atomic mass is 16.5. The van der Waals surface area contributed by atoms with Crippen molar-refractivity contribution in [1.29, 1.82) is 0 Å². The van der Waals surface area contributed by atoms with E-state index in [0.717, 1.165) is 44.2 Å². The van der Waals surface area contributed by atoms with Crippen molar-refractivity contribution in [3.05, 3.63) is 91.1 Å². The third-order valence-corrected chi connectivity index (χ3v) is 5.79. The number of benzene rings is 4. The van der Waals surface area contributed by atoms with Gasteiger partial charge in [-0.2, -0.15) is 0 Å². The van der Waals surface area contributed by atoms with Crippen LogP contribution in [0.4, 0.5) is 0 Å². The van der Waals surface area contributed by atoms with E-state index in [2.05, 4.69) is 71.7 Å². The second kappa shape index (κ2) is 6.53. The summed E-state index contributed by atoms with van der Waals surface area (Å²) in [6.45, 7) is 0. The first kappa shape index (κ1) is 16.9. The fraction of sp³-hybridized carbons (Fsp3) is 0.0370. The lowest BCUT2D eigenvalue weighted by Gasteiger charge is -2.15. The number of nitrogens with zero attached hydrogens (tertiary/aromatic N) is 2. The van der Waals surface area contributed by atoms with Crippen molar-refractivity contribution < 1.29 is 4.74 Å². The lowest BCUT2D eigenvalue weighted by molar-refractivity contribution is 0.417. The number of pyridine rings is 2. The molecule has 30 heavy (non-hydrogen) atoms. The monoisotopic (exact) mass is 386 g/mol. The molecule has 142 valence electrons. The Morgan fingerprint density at radius 1 is 0.667 bits per heavy atom. The van der Waals surface area contributed by atoms with Crippen LogP contribution in [-0.2, 0) is 0 Å². The highest BCUT2D eigenvalue weighted by Crippen LogP contribution is 2.40. The van der Waals surface area contributed by atoms with Gasteiger partial charge in [-0.25, -0.2) is 4.98 Å². The van der Waals surface area contributed by atoms with Gasteiger partial charge in [0.15, 0.2) is 0 Å². The zero-order valence-corrected chi connectivity index (χ0v) is 16.5. The number of hydrogen-bond acceptors (Lipinski definition) is 3. The van der Waals surface area contributed by atoms with Crippen molar-refractivity contribution >= 4 is 43.4 Å². The van der Waals surface area contributed by atoms with Crippen molar-refractivity contribution in [2.45, 2.75) is 0 Å². The van der Waals surface area contributed by atoms with E-state index in [1.807, 2.05) is 24.4 Å². The Hall–Kier alpha value is -3.98. The SMILES string of the molecule is COc1ccc2ccc3ccccc3c2c1-c1ccc2ccc3ncccc3c2n1. The summed E-state index contributed by atoms with van der Waals surface area (Å²) >= 11 is 0. The number of ether oxygens (including phenoxy) is 1. The Bertz CT molecular complexity index is 1590. The summed E-state index contributed by atoms with van der Waals surface area (Å²) in [5.41, 5.74) is 3.83. The van der Waals surface area contributed by atoms with E-state index in [-0.39, 0.29) is 0 Å². The average Bonchev–Trinajstić information content (AvgIpc) is 2.82. The zero-order chi connectivity index (χ0) is 20.1. The summed E-state index contributed by atoms with van der Waals surface area (Å²) in [4.78, 5) is 9.61. The van der Waals surface area contributed by atoms with Gasteiger partial charge in [-0.1, -0.05) is 54.6 Å². The molecule has 2 aromatic heterocycles. The predicted molar refractivity (Wildman–Crippen MR) is 124 cm³/mol. The van der Waals surface area contributed by atoms with Crippen LogP contribution in [0.2, 0.25) is 0 Å². The maximum atomic E-state index is 5.80. The number of aromatic nitrogens is 2. The molecule has 0 aliphatic heterocycles. The molecule has 6 aromatic rings. The van der Waals surface area contributed by atoms with Gasteiger partial charge >= 0.3 is 0 Å². The molecule has 2 heterocycles. The maximum Gasteiger partial charge on any atom is 0.128 e. The van der Waals surface area contributed by atoms with E-state index >= 15 is 0 Å². The summed E-state index contributed by atoms with van der Waals surface area (Å²) in [6, 6.07) is 29.3. The molecule has 0 aliphatic carbocycles. The van der Waals surface area contributed by atoms with Gasteiger partial charge in [0.05, 0.1) is 29.4 Å². The number of methoxy groups -OCH3 is 1. The third kappa shape index (κ3) is 2.45. The molecule has 0 N–H and O–H groups in total. The number of fused-ring (bicyclic) bond motifs is 6. The van der Waals surface area contributed by atoms with Crippen LogP contribution in [0.5, 0.6) is 5.75 Å². The molecule has 3 nitrogen and oxygen atoms in total. The summed E-state index contributed by atoms with van der Waals surface area (Å²) in [5, 5.41) is 6.90. The Balaban J connectivity index is 1.77. The number of rotatable bonds is 2. The van der Waals surface area contributed by atoms with Crippen LogP contribution in [0, 0.1) is 0 Å². The average molecular weight is 386 g/mol. The fourth-order valence-corrected chi connectivity index (χ4v) is 4.38. The smallest absolute Gasteiger partial charge is 0.128 e. The molecule has 0 spiro atoms. The van der Waals surface area contributed by atoms with Crippen molar-refractivity contribution in [1.82, 2.24) is 9.97 Å². The van der Waals surface area contributed by atoms with Crippen LogP contribution in [0.3, 0.4) is 0 Å². The van der Waals surface area contributed by atoms with E-state index in [4.69, 9.17) is 9.72 Å². The first-order valence-corrected chi connectivity index (χ1v) is 9.97. The second-order valence-corrected chi connectivity index (χ2v) is 7.43. The summed E-state index contributed by atoms with van der Waals surface area (Å²) < 4.78 is 5.80. The quantitative estimate of drug-likeness (QED) is 0.308. The first-order chi connectivity index (χ1) is 14.8. The molecule has 0 fully saturated rings. The van der Waals surface area contributed by atoms with E-state index < -0.39 is 0 Å². The molecule has 0 bridgehead atoms. The van der Waals surface area contributed by atoms with Crippen LogP contribution >= 0.6 is 0 Å². The highest BCUT2D eigenvalue weighted by Gasteiger charge is 2.16. The maximum absolute atomic E-state index is 5.80. The lowest BCUT2D eigenvalue weighted by atomic mass is 9.94. The molecule has 0 saturated heterocycles. The minimum absolute atomic E-state index is 0.823. The Morgan fingerprint density at radius 2 is 1.43 bits per heavy atom. The van der Waals surface area contributed by atoms with Crippen molar-refractivity contribution in [2.24, 2.45) is 0 Å². The van der Waals surface area contributed by atoms with E-state index in [1.54, 1.807) is 7.11 Å². The van der Waals surface area contributed by atoms with Crippen LogP contribution in [0.1, 0.15) is 0 Å². The minimum atomic E-state index is 0.823. The lowest BCUT2D eigenvalue weighted by Crippen LogP contribution is -1.94. The van der Waals surface area contributed by atoms with Crippen molar-refractivity contribution in [2.75, 3.05) is 7.11 Å². The highest BCUT2D eigenvalue weighted by molar-refractivity contribution is 6.16. The Labute approximate surface area is 173 Å². The van der Waals surface area contributed by atoms with Gasteiger partial charge in [0.1, 0.15) is 5.75 Å². The standard InChI is InChI=1S/C27H18N2O/c1-30-24-15-12-18-9-8-17-5-2-3-6-20(17)25(18)26(24)23-14-11-19-10-13-22-21(27(19)29-23)7-4-16-28-22/h2-16H,1H3. The van der Waals surface area contributed by atoms with Crippen molar-refractivity contribution in [3.63, 3.8) is 0 Å². The molecule has 0 amide bonds. The first-order valence-electron chi connectivity index (χ1n) is 9.97. The van der Waals surface area contributed by atoms with Crippen LogP contribution < -0.4 is 4.74 Å². The Kier molecular flexibility index (Phi) is 3.68. The van der Waals surface area contributed by atoms with Crippen LogP contribution in [0.15, 0.2) is 91.1 Å². The van der Waals surface area contributed by atoms with Gasteiger partial charge in [0.25, 0.3) is 0 Å². The van der Waals surface area contributed by atoms with Gasteiger partial charge in [-0.3, -0.25) is 4.98 Å². The number of hydrogen-bond donors (Lipinski definition) is 0. The van der Waals surface area contributed by atoms with Crippen molar-refractivity contribution in [3.8, 4) is 17.0 Å². The van der Waals surface area contributed by atoms with Crippen LogP contribution in [0.25, 0.3) is 54.6 Å². The van der Waals surface area contributed by atoms with Gasteiger partial charge < -0.3 is 4.74 Å². The topological polar surface area (TPSA) is 35.0 Å². The van der Waals surface area contributed by atoms with E-state index in [1.165, 1.54) is 16.2 Å². The zero-order valence-electron chi connectivity index (χ0n) is 16.5. The fourth-order valence-electron chi connectivity index (χ4n) is 4.38.